The first-order valence-corrected chi connectivity index (χ1v) is 12.1. The van der Waals surface area contributed by atoms with Gasteiger partial charge < -0.3 is 4.43 Å². The molecule has 2 aromatic carbocycles. The molecule has 0 aliphatic heterocycles. The number of halogens is 2. The Morgan fingerprint density at radius 1 is 0.808 bits per heavy atom. The molecule has 3 aromatic rings. The van der Waals surface area contributed by atoms with Crippen molar-refractivity contribution < 1.29 is 13.2 Å². The highest BCUT2D eigenvalue weighted by Crippen LogP contribution is 2.45. The van der Waals surface area contributed by atoms with E-state index in [-0.39, 0.29) is 11.6 Å². The van der Waals surface area contributed by atoms with Gasteiger partial charge in [0, 0.05) is 10.8 Å². The fourth-order valence-electron chi connectivity index (χ4n) is 4.40. The zero-order valence-corrected chi connectivity index (χ0v) is 18.0. The van der Waals surface area contributed by atoms with Gasteiger partial charge in [-0.05, 0) is 34.8 Å². The van der Waals surface area contributed by atoms with Gasteiger partial charge >= 0.3 is 0 Å². The minimum atomic E-state index is -2.25. The molecule has 1 aromatic heterocycles. The van der Waals surface area contributed by atoms with Crippen LogP contribution < -0.4 is 4.43 Å². The van der Waals surface area contributed by atoms with E-state index in [4.69, 9.17) is 4.43 Å². The van der Waals surface area contributed by atoms with Crippen LogP contribution in [0.15, 0.2) is 30.3 Å². The lowest BCUT2D eigenvalue weighted by atomic mass is 10.1. The average Bonchev–Trinajstić information content (AvgIpc) is 2.94. The van der Waals surface area contributed by atoms with Crippen LogP contribution in [0.2, 0.25) is 16.6 Å². The zero-order chi connectivity index (χ0) is 19.2. The van der Waals surface area contributed by atoms with Gasteiger partial charge in [-0.1, -0.05) is 53.7 Å². The summed E-state index contributed by atoms with van der Waals surface area (Å²) in [6, 6.07) is 8.52. The van der Waals surface area contributed by atoms with Crippen molar-refractivity contribution in [1.29, 1.82) is 0 Å². The molecule has 26 heavy (non-hydrogen) atoms. The van der Waals surface area contributed by atoms with Crippen molar-refractivity contribution >= 4 is 39.8 Å². The third-order valence-electron chi connectivity index (χ3n) is 5.52. The molecule has 0 radical (unpaired) electrons. The van der Waals surface area contributed by atoms with E-state index in [0.717, 1.165) is 10.8 Å². The van der Waals surface area contributed by atoms with E-state index in [1.54, 1.807) is 12.1 Å². The van der Waals surface area contributed by atoms with Crippen molar-refractivity contribution in [2.75, 3.05) is 0 Å². The normalized spacial score (nSPS) is 12.9. The Labute approximate surface area is 159 Å². The van der Waals surface area contributed by atoms with Crippen LogP contribution in [0.25, 0.3) is 20.2 Å². The third kappa shape index (κ3) is 2.85. The van der Waals surface area contributed by atoms with E-state index in [1.807, 2.05) is 12.1 Å². The standard InChI is InChI=1S/C21H26F2OSSi/c1-12(2)26(13(3)4,14(5)6)24-18-11-10-16-15-8-7-9-17(22)20(15)25-21(16)19(18)23/h7-14H,1-6H3. The molecule has 0 spiro atoms. The maximum Gasteiger partial charge on any atom is 0.258 e. The number of fused-ring (bicyclic) bond motifs is 3. The Hall–Kier alpha value is -1.46. The molecule has 0 fully saturated rings. The second-order valence-corrected chi connectivity index (χ2v) is 14.3. The van der Waals surface area contributed by atoms with Crippen LogP contribution in [-0.4, -0.2) is 8.32 Å². The molecular weight excluding hydrogens is 366 g/mol. The molecule has 1 nitrogen and oxygen atoms in total. The van der Waals surface area contributed by atoms with Crippen LogP contribution in [0.5, 0.6) is 5.75 Å². The monoisotopic (exact) mass is 392 g/mol. The first kappa shape index (κ1) is 19.3. The maximum atomic E-state index is 15.3. The van der Waals surface area contributed by atoms with Crippen LogP contribution in [0.1, 0.15) is 41.5 Å². The van der Waals surface area contributed by atoms with Gasteiger partial charge in [-0.25, -0.2) is 8.78 Å². The SMILES string of the molecule is CC(C)[Si](Oc1ccc2c(sc3c(F)cccc32)c1F)(C(C)C)C(C)C. The highest BCUT2D eigenvalue weighted by molar-refractivity contribution is 7.25. The number of hydrogen-bond acceptors (Lipinski definition) is 2. The summed E-state index contributed by atoms with van der Waals surface area (Å²) in [5, 5.41) is 1.51. The molecule has 0 aliphatic carbocycles. The summed E-state index contributed by atoms with van der Waals surface area (Å²) < 4.78 is 37.0. The van der Waals surface area contributed by atoms with Crippen LogP contribution in [0, 0.1) is 11.6 Å². The van der Waals surface area contributed by atoms with Crippen molar-refractivity contribution in [3.63, 3.8) is 0 Å². The van der Waals surface area contributed by atoms with E-state index in [2.05, 4.69) is 41.5 Å². The Morgan fingerprint density at radius 2 is 1.38 bits per heavy atom. The van der Waals surface area contributed by atoms with Gasteiger partial charge in [0.05, 0.1) is 9.40 Å². The van der Waals surface area contributed by atoms with E-state index >= 15 is 4.39 Å². The predicted molar refractivity (Wildman–Crippen MR) is 111 cm³/mol. The van der Waals surface area contributed by atoms with Crippen molar-refractivity contribution in [2.45, 2.75) is 58.2 Å². The number of benzene rings is 2. The van der Waals surface area contributed by atoms with Crippen LogP contribution in [-0.2, 0) is 0 Å². The lowest BCUT2D eigenvalue weighted by Gasteiger charge is -2.42. The van der Waals surface area contributed by atoms with Gasteiger partial charge in [-0.3, -0.25) is 0 Å². The van der Waals surface area contributed by atoms with Gasteiger partial charge in [0.1, 0.15) is 11.6 Å². The third-order valence-corrected chi connectivity index (χ3v) is 12.7. The number of rotatable bonds is 5. The summed E-state index contributed by atoms with van der Waals surface area (Å²) in [6.45, 7) is 13.1. The Kier molecular flexibility index (Phi) is 5.14. The molecule has 0 N–H and O–H groups in total. The largest absolute Gasteiger partial charge is 0.541 e. The fourth-order valence-corrected chi connectivity index (χ4v) is 10.8. The summed E-state index contributed by atoms with van der Waals surface area (Å²) in [5.41, 5.74) is 1.08. The molecule has 0 amide bonds. The molecule has 0 atom stereocenters. The quantitative estimate of drug-likeness (QED) is 0.401. The van der Waals surface area contributed by atoms with E-state index < -0.39 is 8.32 Å². The second kappa shape index (κ2) is 6.93. The molecule has 0 saturated heterocycles. The van der Waals surface area contributed by atoms with Crippen molar-refractivity contribution in [3.8, 4) is 5.75 Å². The zero-order valence-electron chi connectivity index (χ0n) is 16.2. The Balaban J connectivity index is 2.18. The Bertz CT molecular complexity index is 924. The molecular formula is C21H26F2OSSi. The van der Waals surface area contributed by atoms with E-state index in [1.165, 1.54) is 17.4 Å². The van der Waals surface area contributed by atoms with Gasteiger partial charge in [-0.2, -0.15) is 0 Å². The van der Waals surface area contributed by atoms with Gasteiger partial charge in [-0.15, -0.1) is 11.3 Å². The topological polar surface area (TPSA) is 9.23 Å². The highest BCUT2D eigenvalue weighted by atomic mass is 32.1. The molecule has 1 heterocycles. The van der Waals surface area contributed by atoms with Crippen molar-refractivity contribution in [3.05, 3.63) is 42.0 Å². The maximum absolute atomic E-state index is 15.3. The molecule has 0 aliphatic rings. The van der Waals surface area contributed by atoms with E-state index in [9.17, 15) is 4.39 Å². The molecule has 140 valence electrons. The highest BCUT2D eigenvalue weighted by Gasteiger charge is 2.47. The smallest absolute Gasteiger partial charge is 0.258 e. The van der Waals surface area contributed by atoms with Crippen LogP contribution >= 0.6 is 11.3 Å². The summed E-state index contributed by atoms with van der Waals surface area (Å²) in [7, 11) is -2.25. The van der Waals surface area contributed by atoms with Gasteiger partial charge in [0.2, 0.25) is 0 Å². The molecule has 5 heteroatoms. The second-order valence-electron chi connectivity index (χ2n) is 7.89. The predicted octanol–water partition coefficient (Wildman–Crippen LogP) is 7.89. The summed E-state index contributed by atoms with van der Waals surface area (Å²) >= 11 is 1.17. The lowest BCUT2D eigenvalue weighted by Crippen LogP contribution is -2.50. The van der Waals surface area contributed by atoms with Crippen LogP contribution in [0.4, 0.5) is 8.78 Å². The fraction of sp³-hybridized carbons (Fsp3) is 0.429. The van der Waals surface area contributed by atoms with Crippen molar-refractivity contribution in [1.82, 2.24) is 0 Å². The number of thiophene rings is 1. The summed E-state index contributed by atoms with van der Waals surface area (Å²) in [6.07, 6.45) is 0. The summed E-state index contributed by atoms with van der Waals surface area (Å²) in [5.74, 6) is -0.352. The molecule has 0 unspecified atom stereocenters. The molecule has 0 saturated carbocycles. The number of hydrogen-bond donors (Lipinski definition) is 0. The van der Waals surface area contributed by atoms with Crippen molar-refractivity contribution in [2.24, 2.45) is 0 Å². The molecule has 3 rings (SSSR count). The van der Waals surface area contributed by atoms with Gasteiger partial charge in [0.25, 0.3) is 8.32 Å². The van der Waals surface area contributed by atoms with Gasteiger partial charge in [0.15, 0.2) is 5.82 Å². The Morgan fingerprint density at radius 3 is 1.96 bits per heavy atom. The minimum absolute atomic E-state index is 0.305. The summed E-state index contributed by atoms with van der Waals surface area (Å²) in [4.78, 5) is 0. The minimum Gasteiger partial charge on any atom is -0.541 e. The lowest BCUT2D eigenvalue weighted by molar-refractivity contribution is 0.450. The molecule has 0 bridgehead atoms. The first-order chi connectivity index (χ1) is 12.2. The van der Waals surface area contributed by atoms with E-state index in [0.29, 0.717) is 31.8 Å². The van der Waals surface area contributed by atoms with Crippen LogP contribution in [0.3, 0.4) is 0 Å². The first-order valence-electron chi connectivity index (χ1n) is 9.18. The average molecular weight is 393 g/mol.